The van der Waals surface area contributed by atoms with Gasteiger partial charge in [0.15, 0.2) is 11.5 Å². The van der Waals surface area contributed by atoms with Crippen molar-refractivity contribution in [3.63, 3.8) is 0 Å². The molecule has 19 heavy (non-hydrogen) atoms. The lowest BCUT2D eigenvalue weighted by molar-refractivity contribution is 0.353. The summed E-state index contributed by atoms with van der Waals surface area (Å²) in [6, 6.07) is 4.33. The van der Waals surface area contributed by atoms with E-state index in [1.54, 1.807) is 14.2 Å². The Bertz CT molecular complexity index is 407. The first-order chi connectivity index (χ1) is 9.03. The van der Waals surface area contributed by atoms with E-state index in [0.29, 0.717) is 12.0 Å². The van der Waals surface area contributed by atoms with Crippen LogP contribution in [0.25, 0.3) is 0 Å². The van der Waals surface area contributed by atoms with Crippen molar-refractivity contribution in [3.05, 3.63) is 22.2 Å². The van der Waals surface area contributed by atoms with Crippen molar-refractivity contribution in [2.75, 3.05) is 21.3 Å². The quantitative estimate of drug-likeness (QED) is 0.814. The van der Waals surface area contributed by atoms with Crippen molar-refractivity contribution < 1.29 is 9.47 Å². The minimum Gasteiger partial charge on any atom is -0.493 e. The van der Waals surface area contributed by atoms with Gasteiger partial charge in [0.1, 0.15) is 0 Å². The van der Waals surface area contributed by atoms with Gasteiger partial charge in [0.25, 0.3) is 0 Å². The normalized spacial score (nSPS) is 12.6. The summed E-state index contributed by atoms with van der Waals surface area (Å²) < 4.78 is 11.7. The number of methoxy groups -OCH3 is 2. The molecule has 0 saturated heterocycles. The first kappa shape index (κ1) is 16.3. The van der Waals surface area contributed by atoms with Crippen molar-refractivity contribution >= 4 is 15.9 Å². The Labute approximate surface area is 124 Å². The van der Waals surface area contributed by atoms with Crippen LogP contribution in [0.5, 0.6) is 11.5 Å². The third-order valence-corrected chi connectivity index (χ3v) is 3.95. The minimum absolute atomic E-state index is 0.316. The van der Waals surface area contributed by atoms with E-state index < -0.39 is 0 Å². The summed E-state index contributed by atoms with van der Waals surface area (Å²) in [6.07, 6.45) is 2.29. The summed E-state index contributed by atoms with van der Waals surface area (Å²) in [4.78, 5) is 0. The molecule has 1 aromatic rings. The van der Waals surface area contributed by atoms with Gasteiger partial charge in [-0.3, -0.25) is 0 Å². The molecule has 1 aromatic carbocycles. The summed E-state index contributed by atoms with van der Waals surface area (Å²) in [6.45, 7) is 4.49. The molecule has 0 amide bonds. The van der Waals surface area contributed by atoms with Gasteiger partial charge in [-0.2, -0.15) is 0 Å². The Kier molecular flexibility index (Phi) is 6.66. The Balaban J connectivity index is 3.02. The summed E-state index contributed by atoms with van der Waals surface area (Å²) >= 11 is 3.62. The third kappa shape index (κ3) is 4.39. The Morgan fingerprint density at radius 3 is 2.16 bits per heavy atom. The molecule has 0 bridgehead atoms. The van der Waals surface area contributed by atoms with Gasteiger partial charge in [-0.05, 0) is 43.5 Å². The number of rotatable bonds is 7. The highest BCUT2D eigenvalue weighted by molar-refractivity contribution is 9.10. The van der Waals surface area contributed by atoms with E-state index in [1.165, 1.54) is 12.0 Å². The number of hydrogen-bond acceptors (Lipinski definition) is 3. The fourth-order valence-electron chi connectivity index (χ4n) is 2.09. The SMILES string of the molecule is CNC(CCC(C)C)c1cc(OC)c(OC)cc1Br. The molecule has 0 radical (unpaired) electrons. The van der Waals surface area contributed by atoms with Crippen LogP contribution >= 0.6 is 15.9 Å². The zero-order valence-corrected chi connectivity index (χ0v) is 14.0. The largest absolute Gasteiger partial charge is 0.493 e. The summed E-state index contributed by atoms with van der Waals surface area (Å²) in [5, 5.41) is 3.38. The molecule has 0 aliphatic carbocycles. The molecule has 4 heteroatoms. The van der Waals surface area contributed by atoms with E-state index in [1.807, 2.05) is 19.2 Å². The summed E-state index contributed by atoms with van der Waals surface area (Å²) in [7, 11) is 5.31. The smallest absolute Gasteiger partial charge is 0.161 e. The fourth-order valence-corrected chi connectivity index (χ4v) is 2.69. The number of benzene rings is 1. The second kappa shape index (κ2) is 7.75. The average Bonchev–Trinajstić information content (AvgIpc) is 2.40. The zero-order chi connectivity index (χ0) is 14.4. The van der Waals surface area contributed by atoms with Crippen molar-refractivity contribution in [1.82, 2.24) is 5.32 Å². The van der Waals surface area contributed by atoms with E-state index >= 15 is 0 Å². The highest BCUT2D eigenvalue weighted by Crippen LogP contribution is 2.37. The van der Waals surface area contributed by atoms with Crippen molar-refractivity contribution in [1.29, 1.82) is 0 Å². The highest BCUT2D eigenvalue weighted by atomic mass is 79.9. The fraction of sp³-hybridized carbons (Fsp3) is 0.600. The molecule has 0 fully saturated rings. The lowest BCUT2D eigenvalue weighted by Crippen LogP contribution is -2.17. The van der Waals surface area contributed by atoms with E-state index in [4.69, 9.17) is 9.47 Å². The van der Waals surface area contributed by atoms with Gasteiger partial charge in [-0.15, -0.1) is 0 Å². The second-order valence-corrected chi connectivity index (χ2v) is 5.90. The van der Waals surface area contributed by atoms with Crippen LogP contribution < -0.4 is 14.8 Å². The van der Waals surface area contributed by atoms with Crippen molar-refractivity contribution in [2.24, 2.45) is 5.92 Å². The molecule has 1 N–H and O–H groups in total. The van der Waals surface area contributed by atoms with Crippen molar-refractivity contribution in [3.8, 4) is 11.5 Å². The number of ether oxygens (including phenoxy) is 2. The van der Waals surface area contributed by atoms with Crippen LogP contribution in [0.4, 0.5) is 0 Å². The van der Waals surface area contributed by atoms with Crippen LogP contribution in [0.2, 0.25) is 0 Å². The Morgan fingerprint density at radius 2 is 1.68 bits per heavy atom. The first-order valence-corrected chi connectivity index (χ1v) is 7.41. The molecule has 0 aromatic heterocycles. The van der Waals surface area contributed by atoms with Crippen LogP contribution in [-0.4, -0.2) is 21.3 Å². The molecular formula is C15H24BrNO2. The molecular weight excluding hydrogens is 306 g/mol. The zero-order valence-electron chi connectivity index (χ0n) is 12.4. The molecule has 1 unspecified atom stereocenters. The van der Waals surface area contributed by atoms with Gasteiger partial charge in [0.2, 0.25) is 0 Å². The maximum Gasteiger partial charge on any atom is 0.161 e. The maximum atomic E-state index is 5.38. The topological polar surface area (TPSA) is 30.5 Å². The van der Waals surface area contributed by atoms with Crippen LogP contribution in [0.1, 0.15) is 38.3 Å². The van der Waals surface area contributed by atoms with E-state index in [2.05, 4.69) is 35.1 Å². The van der Waals surface area contributed by atoms with Crippen molar-refractivity contribution in [2.45, 2.75) is 32.7 Å². The molecule has 0 saturated carbocycles. The average molecular weight is 330 g/mol. The van der Waals surface area contributed by atoms with Gasteiger partial charge in [0.05, 0.1) is 14.2 Å². The maximum absolute atomic E-state index is 5.38. The monoisotopic (exact) mass is 329 g/mol. The standard InChI is InChI=1S/C15H24BrNO2/c1-10(2)6-7-13(17-3)11-8-14(18-4)15(19-5)9-12(11)16/h8-10,13,17H,6-7H2,1-5H3. The van der Waals surface area contributed by atoms with Crippen LogP contribution in [-0.2, 0) is 0 Å². The molecule has 108 valence electrons. The third-order valence-electron chi connectivity index (χ3n) is 3.26. The number of halogens is 1. The summed E-state index contributed by atoms with van der Waals surface area (Å²) in [5.74, 6) is 2.22. The number of hydrogen-bond donors (Lipinski definition) is 1. The first-order valence-electron chi connectivity index (χ1n) is 6.62. The Hall–Kier alpha value is -0.740. The number of nitrogens with one attached hydrogen (secondary N) is 1. The molecule has 0 aliphatic rings. The second-order valence-electron chi connectivity index (χ2n) is 5.04. The van der Waals surface area contributed by atoms with Gasteiger partial charge in [-0.1, -0.05) is 29.8 Å². The molecule has 0 spiro atoms. The molecule has 1 atom stereocenters. The van der Waals surface area contributed by atoms with E-state index in [-0.39, 0.29) is 0 Å². The molecule has 0 heterocycles. The van der Waals surface area contributed by atoms with Crippen LogP contribution in [0.15, 0.2) is 16.6 Å². The van der Waals surface area contributed by atoms with Gasteiger partial charge < -0.3 is 14.8 Å². The van der Waals surface area contributed by atoms with Gasteiger partial charge >= 0.3 is 0 Å². The Morgan fingerprint density at radius 1 is 1.11 bits per heavy atom. The lowest BCUT2D eigenvalue weighted by atomic mass is 9.97. The lowest BCUT2D eigenvalue weighted by Gasteiger charge is -2.21. The predicted molar refractivity (Wildman–Crippen MR) is 83.1 cm³/mol. The van der Waals surface area contributed by atoms with Crippen LogP contribution in [0, 0.1) is 5.92 Å². The summed E-state index contributed by atoms with van der Waals surface area (Å²) in [5.41, 5.74) is 1.21. The van der Waals surface area contributed by atoms with Gasteiger partial charge in [0, 0.05) is 10.5 Å². The molecule has 1 rings (SSSR count). The van der Waals surface area contributed by atoms with E-state index in [0.717, 1.165) is 22.4 Å². The van der Waals surface area contributed by atoms with E-state index in [9.17, 15) is 0 Å². The highest BCUT2D eigenvalue weighted by Gasteiger charge is 2.17. The minimum atomic E-state index is 0.316. The molecule has 0 aliphatic heterocycles. The van der Waals surface area contributed by atoms with Crippen LogP contribution in [0.3, 0.4) is 0 Å². The molecule has 3 nitrogen and oxygen atoms in total. The van der Waals surface area contributed by atoms with Gasteiger partial charge in [-0.25, -0.2) is 0 Å². The predicted octanol–water partition coefficient (Wildman–Crippen LogP) is 4.16.